The summed E-state index contributed by atoms with van der Waals surface area (Å²) in [5.74, 6) is -0.111. The molecular formula is C26H33N7O4. The molecule has 1 saturated heterocycles. The third-order valence-electron chi connectivity index (χ3n) is 6.44. The first-order valence-corrected chi connectivity index (χ1v) is 12.3. The van der Waals surface area contributed by atoms with E-state index in [4.69, 9.17) is 10.7 Å². The van der Waals surface area contributed by atoms with Crippen molar-refractivity contribution in [3.8, 4) is 0 Å². The number of carbonyl (C=O) groups excluding carboxylic acids is 2. The minimum absolute atomic E-state index is 0.00294. The van der Waals surface area contributed by atoms with Crippen LogP contribution in [0.3, 0.4) is 0 Å². The van der Waals surface area contributed by atoms with Gasteiger partial charge in [0.25, 0.3) is 5.56 Å². The van der Waals surface area contributed by atoms with Crippen molar-refractivity contribution in [1.29, 1.82) is 0 Å². The SMILES string of the molecule is CC(=O)Nc1cccc(C(=O)Cn2c(=O)c3c(nc(N4CCCC(N)C4)n3CC=C(C)C)n(C)c2=O)c1. The molecule has 37 heavy (non-hydrogen) atoms. The van der Waals surface area contributed by atoms with Gasteiger partial charge in [0.1, 0.15) is 0 Å². The number of anilines is 2. The molecule has 1 amide bonds. The lowest BCUT2D eigenvalue weighted by Crippen LogP contribution is -2.44. The van der Waals surface area contributed by atoms with Gasteiger partial charge in [0.15, 0.2) is 16.9 Å². The van der Waals surface area contributed by atoms with Gasteiger partial charge in [-0.1, -0.05) is 23.8 Å². The number of imidazole rings is 1. The second-order valence-electron chi connectivity index (χ2n) is 9.74. The Morgan fingerprint density at radius 3 is 2.62 bits per heavy atom. The summed E-state index contributed by atoms with van der Waals surface area (Å²) < 4.78 is 4.06. The number of aryl methyl sites for hydroxylation is 1. The maximum Gasteiger partial charge on any atom is 0.332 e. The number of carbonyl (C=O) groups is 2. The number of amides is 1. The minimum atomic E-state index is -0.627. The fourth-order valence-corrected chi connectivity index (χ4v) is 4.59. The normalized spacial score (nSPS) is 15.6. The highest BCUT2D eigenvalue weighted by molar-refractivity contribution is 5.98. The number of hydrogen-bond acceptors (Lipinski definition) is 7. The van der Waals surface area contributed by atoms with Gasteiger partial charge < -0.3 is 20.5 Å². The number of hydrogen-bond donors (Lipinski definition) is 2. The van der Waals surface area contributed by atoms with Crippen molar-refractivity contribution in [2.45, 2.75) is 52.7 Å². The predicted octanol–water partition coefficient (Wildman–Crippen LogP) is 1.63. The zero-order valence-corrected chi connectivity index (χ0v) is 21.7. The summed E-state index contributed by atoms with van der Waals surface area (Å²) in [5.41, 5.74) is 7.34. The first-order chi connectivity index (χ1) is 17.6. The van der Waals surface area contributed by atoms with Gasteiger partial charge in [0.2, 0.25) is 11.9 Å². The molecule has 3 N–H and O–H groups in total. The van der Waals surface area contributed by atoms with E-state index >= 15 is 0 Å². The van der Waals surface area contributed by atoms with Crippen LogP contribution in [0.4, 0.5) is 11.6 Å². The first kappa shape index (κ1) is 26.1. The summed E-state index contributed by atoms with van der Waals surface area (Å²) in [6.07, 6.45) is 3.81. The number of Topliss-reactive ketones (excluding diaryl/α,β-unsaturated/α-hetero) is 1. The van der Waals surface area contributed by atoms with E-state index in [1.165, 1.54) is 17.6 Å². The fraction of sp³-hybridized carbons (Fsp3) is 0.423. The number of rotatable bonds is 7. The molecule has 1 aromatic carbocycles. The molecule has 4 rings (SSSR count). The van der Waals surface area contributed by atoms with E-state index in [-0.39, 0.29) is 28.7 Å². The van der Waals surface area contributed by atoms with Gasteiger partial charge in [-0.05, 0) is 38.8 Å². The zero-order valence-electron chi connectivity index (χ0n) is 21.7. The highest BCUT2D eigenvalue weighted by Gasteiger charge is 2.26. The van der Waals surface area contributed by atoms with Crippen LogP contribution in [0.2, 0.25) is 0 Å². The molecule has 0 radical (unpaired) electrons. The van der Waals surface area contributed by atoms with Crippen molar-refractivity contribution in [1.82, 2.24) is 18.7 Å². The lowest BCUT2D eigenvalue weighted by atomic mass is 10.1. The zero-order chi connectivity index (χ0) is 26.9. The van der Waals surface area contributed by atoms with E-state index in [1.807, 2.05) is 19.9 Å². The molecular weight excluding hydrogens is 474 g/mol. The standard InChI is InChI=1S/C26H33N7O4/c1-16(2)10-12-32-22-23(29-25(32)31-11-6-8-19(27)14-31)30(4)26(37)33(24(22)36)15-21(35)18-7-5-9-20(13-18)28-17(3)34/h5,7,9-10,13,19H,6,8,11-12,14-15,27H2,1-4H3,(H,28,34). The molecule has 1 atom stereocenters. The molecule has 0 bridgehead atoms. The molecule has 1 unspecified atom stereocenters. The van der Waals surface area contributed by atoms with Gasteiger partial charge in [0.05, 0.1) is 6.54 Å². The maximum atomic E-state index is 13.7. The quantitative estimate of drug-likeness (QED) is 0.366. The van der Waals surface area contributed by atoms with E-state index in [0.29, 0.717) is 24.7 Å². The maximum absolute atomic E-state index is 13.7. The third kappa shape index (κ3) is 5.41. The van der Waals surface area contributed by atoms with Crippen molar-refractivity contribution < 1.29 is 9.59 Å². The lowest BCUT2D eigenvalue weighted by molar-refractivity contribution is -0.114. The number of nitrogens with zero attached hydrogens (tertiary/aromatic N) is 5. The van der Waals surface area contributed by atoms with Gasteiger partial charge in [-0.3, -0.25) is 23.5 Å². The topological polar surface area (TPSA) is 137 Å². The van der Waals surface area contributed by atoms with Crippen LogP contribution in [0.5, 0.6) is 0 Å². The third-order valence-corrected chi connectivity index (χ3v) is 6.44. The van der Waals surface area contributed by atoms with Crippen LogP contribution in [0.15, 0.2) is 45.5 Å². The number of ketones is 1. The second-order valence-corrected chi connectivity index (χ2v) is 9.74. The monoisotopic (exact) mass is 507 g/mol. The van der Waals surface area contributed by atoms with Crippen LogP contribution in [-0.4, -0.2) is 49.5 Å². The molecule has 3 heterocycles. The summed E-state index contributed by atoms with van der Waals surface area (Å²) in [6.45, 7) is 6.61. The number of fused-ring (bicyclic) bond motifs is 1. The summed E-state index contributed by atoms with van der Waals surface area (Å²) in [5, 5.41) is 2.63. The second kappa shape index (κ2) is 10.6. The summed E-state index contributed by atoms with van der Waals surface area (Å²) in [7, 11) is 1.55. The highest BCUT2D eigenvalue weighted by Crippen LogP contribution is 2.23. The molecule has 1 aliphatic heterocycles. The molecule has 1 aliphatic rings. The van der Waals surface area contributed by atoms with Gasteiger partial charge in [-0.25, -0.2) is 4.79 Å². The summed E-state index contributed by atoms with van der Waals surface area (Å²) in [6, 6.07) is 6.39. The van der Waals surface area contributed by atoms with Crippen LogP contribution < -0.4 is 27.2 Å². The van der Waals surface area contributed by atoms with Gasteiger partial charge in [-0.2, -0.15) is 4.98 Å². The number of nitrogens with two attached hydrogens (primary N) is 1. The lowest BCUT2D eigenvalue weighted by Gasteiger charge is -2.31. The number of nitrogens with one attached hydrogen (secondary N) is 1. The van der Waals surface area contributed by atoms with Gasteiger partial charge in [0, 0.05) is 50.9 Å². The van der Waals surface area contributed by atoms with E-state index in [2.05, 4.69) is 10.2 Å². The van der Waals surface area contributed by atoms with E-state index < -0.39 is 23.6 Å². The largest absolute Gasteiger partial charge is 0.341 e. The predicted molar refractivity (Wildman–Crippen MR) is 143 cm³/mol. The van der Waals surface area contributed by atoms with Crippen LogP contribution in [-0.2, 0) is 24.9 Å². The van der Waals surface area contributed by atoms with Gasteiger partial charge in [-0.15, -0.1) is 0 Å². The number of piperidine rings is 1. The molecule has 1 fully saturated rings. The Hall–Kier alpha value is -3.99. The smallest absolute Gasteiger partial charge is 0.332 e. The Balaban J connectivity index is 1.82. The minimum Gasteiger partial charge on any atom is -0.341 e. The molecule has 0 aliphatic carbocycles. The number of allylic oxidation sites excluding steroid dienone is 2. The van der Waals surface area contributed by atoms with Crippen molar-refractivity contribution in [2.75, 3.05) is 23.3 Å². The first-order valence-electron chi connectivity index (χ1n) is 12.3. The van der Waals surface area contributed by atoms with E-state index in [9.17, 15) is 19.2 Å². The van der Waals surface area contributed by atoms with Gasteiger partial charge >= 0.3 is 5.69 Å². The van der Waals surface area contributed by atoms with Crippen LogP contribution >= 0.6 is 0 Å². The van der Waals surface area contributed by atoms with Crippen molar-refractivity contribution in [2.24, 2.45) is 12.8 Å². The average molecular weight is 508 g/mol. The summed E-state index contributed by atoms with van der Waals surface area (Å²) >= 11 is 0. The average Bonchev–Trinajstić information content (AvgIpc) is 3.23. The molecule has 3 aromatic rings. The van der Waals surface area contributed by atoms with Crippen molar-refractivity contribution >= 4 is 34.5 Å². The van der Waals surface area contributed by atoms with Crippen LogP contribution in [0.1, 0.15) is 44.0 Å². The summed E-state index contributed by atoms with van der Waals surface area (Å²) in [4.78, 5) is 58.2. The van der Waals surface area contributed by atoms with Crippen molar-refractivity contribution in [3.63, 3.8) is 0 Å². The highest BCUT2D eigenvalue weighted by atomic mass is 16.2. The Labute approximate surface area is 214 Å². The molecule has 11 nitrogen and oxygen atoms in total. The van der Waals surface area contributed by atoms with E-state index in [0.717, 1.165) is 29.5 Å². The molecule has 0 spiro atoms. The van der Waals surface area contributed by atoms with Crippen LogP contribution in [0.25, 0.3) is 11.2 Å². The Morgan fingerprint density at radius 1 is 1.19 bits per heavy atom. The fourth-order valence-electron chi connectivity index (χ4n) is 4.59. The Bertz CT molecular complexity index is 1510. The molecule has 196 valence electrons. The Kier molecular flexibility index (Phi) is 7.44. The van der Waals surface area contributed by atoms with Crippen LogP contribution in [0, 0.1) is 0 Å². The molecule has 2 aromatic heterocycles. The Morgan fingerprint density at radius 2 is 1.95 bits per heavy atom. The number of aromatic nitrogens is 4. The number of benzene rings is 1. The molecule has 0 saturated carbocycles. The molecule has 11 heteroatoms. The van der Waals surface area contributed by atoms with E-state index in [1.54, 1.807) is 29.8 Å². The van der Waals surface area contributed by atoms with Crippen molar-refractivity contribution in [3.05, 3.63) is 62.3 Å².